The fourth-order valence-electron chi connectivity index (χ4n) is 7.23. The number of carbonyl (C=O) groups is 3. The van der Waals surface area contributed by atoms with Gasteiger partial charge in [0.05, 0.1) is 18.4 Å². The average Bonchev–Trinajstić information content (AvgIpc) is 3.20. The van der Waals surface area contributed by atoms with Gasteiger partial charge in [-0.15, -0.1) is 0 Å². The summed E-state index contributed by atoms with van der Waals surface area (Å²) in [7, 11) is 1.36. The fourth-order valence-corrected chi connectivity index (χ4v) is 7.49. The number of esters is 2. The molecule has 0 aliphatic carbocycles. The number of halogens is 1. The molecule has 284 valence electrons. The van der Waals surface area contributed by atoms with E-state index >= 15 is 0 Å². The predicted octanol–water partition coefficient (Wildman–Crippen LogP) is 7.93. The largest absolute Gasteiger partial charge is 0.454 e. The summed E-state index contributed by atoms with van der Waals surface area (Å²) in [6.45, 7) is -0.612. The fraction of sp³-hybridized carbons (Fsp3) is 0.295. The first-order chi connectivity index (χ1) is 26.8. The zero-order valence-corrected chi connectivity index (χ0v) is 31.8. The van der Waals surface area contributed by atoms with E-state index in [0.29, 0.717) is 31.4 Å². The van der Waals surface area contributed by atoms with Gasteiger partial charge in [-0.05, 0) is 82.6 Å². The van der Waals surface area contributed by atoms with E-state index in [1.807, 2.05) is 84.9 Å². The number of carbonyl (C=O) groups excluding carboxylic acids is 3. The Morgan fingerprint density at radius 3 is 1.80 bits per heavy atom. The maximum absolute atomic E-state index is 14.3. The van der Waals surface area contributed by atoms with E-state index in [2.05, 4.69) is 33.4 Å². The number of allylic oxidation sites excluding steroid dienone is 2. The van der Waals surface area contributed by atoms with Crippen molar-refractivity contribution in [1.29, 1.82) is 0 Å². The van der Waals surface area contributed by atoms with Gasteiger partial charge in [0.15, 0.2) is 24.6 Å². The molecule has 1 fully saturated rings. The maximum atomic E-state index is 14.3. The van der Waals surface area contributed by atoms with Crippen LogP contribution in [0.5, 0.6) is 0 Å². The highest BCUT2D eigenvalue weighted by atomic mass is 79.9. The first-order valence-electron chi connectivity index (χ1n) is 18.3. The number of hydrogen-bond acceptors (Lipinski definition) is 9. The van der Waals surface area contributed by atoms with Crippen molar-refractivity contribution in [1.82, 2.24) is 0 Å². The predicted molar refractivity (Wildman–Crippen MR) is 211 cm³/mol. The normalized spacial score (nSPS) is 25.1. The summed E-state index contributed by atoms with van der Waals surface area (Å²) in [6, 6.07) is 35.0. The Balaban J connectivity index is 1.23. The molecule has 0 radical (unpaired) electrons. The number of anilines is 1. The summed E-state index contributed by atoms with van der Waals surface area (Å²) < 4.78 is 30.8. The lowest BCUT2D eigenvalue weighted by Crippen LogP contribution is -2.63. The Labute approximate surface area is 327 Å². The van der Waals surface area contributed by atoms with Crippen LogP contribution in [-0.4, -0.2) is 67.6 Å². The van der Waals surface area contributed by atoms with Crippen LogP contribution in [0.2, 0.25) is 0 Å². The smallest absolute Gasteiger partial charge is 0.412 e. The molecule has 11 heteroatoms. The Kier molecular flexibility index (Phi) is 12.2. The molecule has 5 aromatic carbocycles. The highest BCUT2D eigenvalue weighted by molar-refractivity contribution is 9.10. The van der Waals surface area contributed by atoms with Crippen LogP contribution in [0.1, 0.15) is 24.0 Å². The van der Waals surface area contributed by atoms with Crippen molar-refractivity contribution in [2.24, 2.45) is 11.8 Å². The minimum Gasteiger partial charge on any atom is -0.454 e. The number of aliphatic hydroxyl groups is 1. The minimum atomic E-state index is -1.40. The molecule has 1 amide bonds. The number of ether oxygens (including phenoxy) is 5. The maximum Gasteiger partial charge on any atom is 0.412 e. The van der Waals surface area contributed by atoms with Crippen LogP contribution in [-0.2, 0) is 46.1 Å². The second kappa shape index (κ2) is 17.6. The van der Waals surface area contributed by atoms with Crippen molar-refractivity contribution in [2.45, 2.75) is 56.4 Å². The molecule has 2 heterocycles. The minimum absolute atomic E-state index is 0.323. The van der Waals surface area contributed by atoms with Gasteiger partial charge in [0, 0.05) is 17.3 Å². The van der Waals surface area contributed by atoms with E-state index in [4.69, 9.17) is 23.7 Å². The number of benzene rings is 5. The van der Waals surface area contributed by atoms with Gasteiger partial charge < -0.3 is 28.8 Å². The Morgan fingerprint density at radius 1 is 0.745 bits per heavy atom. The van der Waals surface area contributed by atoms with Gasteiger partial charge >= 0.3 is 18.0 Å². The van der Waals surface area contributed by atoms with Crippen molar-refractivity contribution < 1.29 is 43.2 Å². The third-order valence-electron chi connectivity index (χ3n) is 10.1. The molecule has 55 heavy (non-hydrogen) atoms. The lowest BCUT2D eigenvalue weighted by atomic mass is 9.91. The number of aliphatic hydroxyl groups excluding tert-OH is 1. The highest BCUT2D eigenvalue weighted by Gasteiger charge is 2.53. The topological polar surface area (TPSA) is 130 Å². The molecule has 0 unspecified atom stereocenters. The van der Waals surface area contributed by atoms with Crippen LogP contribution in [0.25, 0.3) is 21.5 Å². The third kappa shape index (κ3) is 9.25. The van der Waals surface area contributed by atoms with Gasteiger partial charge in [-0.25, -0.2) is 4.79 Å². The number of fused-ring (bicyclic) bond motifs is 3. The summed E-state index contributed by atoms with van der Waals surface area (Å²) in [5, 5.41) is 17.4. The quantitative estimate of drug-likeness (QED) is 0.0913. The summed E-state index contributed by atoms with van der Waals surface area (Å²) in [6.07, 6.45) is -2.24. The molecule has 0 bridgehead atoms. The van der Waals surface area contributed by atoms with Crippen LogP contribution in [0, 0.1) is 11.8 Å². The van der Waals surface area contributed by atoms with Crippen LogP contribution < -0.4 is 5.32 Å². The molecule has 7 atom stereocenters. The van der Waals surface area contributed by atoms with E-state index < -0.39 is 67.2 Å². The van der Waals surface area contributed by atoms with Crippen LogP contribution in [0.4, 0.5) is 10.5 Å². The molecule has 0 spiro atoms. The van der Waals surface area contributed by atoms with Gasteiger partial charge in [-0.1, -0.05) is 113 Å². The van der Waals surface area contributed by atoms with E-state index in [1.165, 1.54) is 7.11 Å². The molecule has 0 saturated carbocycles. The Morgan fingerprint density at radius 2 is 1.27 bits per heavy atom. The van der Waals surface area contributed by atoms with Crippen molar-refractivity contribution in [3.8, 4) is 0 Å². The molecule has 2 aliphatic heterocycles. The van der Waals surface area contributed by atoms with Gasteiger partial charge in [0.2, 0.25) is 0 Å². The van der Waals surface area contributed by atoms with E-state index in [-0.39, 0.29) is 0 Å². The molecule has 2 aliphatic rings. The number of rotatable bonds is 8. The summed E-state index contributed by atoms with van der Waals surface area (Å²) >= 11 is 3.38. The number of methoxy groups -OCH3 is 1. The van der Waals surface area contributed by atoms with Crippen molar-refractivity contribution in [2.75, 3.05) is 19.0 Å². The molecule has 1 saturated heterocycles. The summed E-state index contributed by atoms with van der Waals surface area (Å²) in [5.41, 5.74) is 2.33. The van der Waals surface area contributed by atoms with Gasteiger partial charge in [0.1, 0.15) is 6.10 Å². The highest BCUT2D eigenvalue weighted by Crippen LogP contribution is 2.33. The zero-order chi connectivity index (χ0) is 38.3. The number of nitrogens with one attached hydrogen (secondary N) is 1. The standard InChI is InChI=1S/C44H42BrNO9/c1-51-43-40-39(38(37(26-47)52-43)55-44(50)46-36-20-18-35(45)19-21-36)53-41(48)33(24-27-14-16-29-8-2-4-10-31(29)22-27)12-6-7-13-34(42(49)54-40)25-28-15-17-30-9-3-5-11-32(30)23-28/h2-11,14-23,33-34,37-40,43,47H,12-13,24-26H2,1H3,(H,46,50)/b7-6+/t33-,34-,37-,38-,39+,40-,43+/m1/s1. The molecule has 5 aromatic rings. The third-order valence-corrected chi connectivity index (χ3v) is 10.6. The molecular formula is C44H42BrNO9. The molecule has 2 N–H and O–H groups in total. The zero-order valence-electron chi connectivity index (χ0n) is 30.2. The lowest BCUT2D eigenvalue weighted by Gasteiger charge is -2.44. The van der Waals surface area contributed by atoms with E-state index in [0.717, 1.165) is 37.1 Å². The van der Waals surface area contributed by atoms with Crippen LogP contribution >= 0.6 is 15.9 Å². The monoisotopic (exact) mass is 807 g/mol. The van der Waals surface area contributed by atoms with Crippen LogP contribution in [0.15, 0.2) is 126 Å². The van der Waals surface area contributed by atoms with Crippen molar-refractivity contribution in [3.05, 3.63) is 137 Å². The number of hydrogen-bond donors (Lipinski definition) is 2. The molecule has 7 rings (SSSR count). The second-order valence-electron chi connectivity index (χ2n) is 13.9. The molecule has 0 aromatic heterocycles. The van der Waals surface area contributed by atoms with Gasteiger partial charge in [-0.3, -0.25) is 14.9 Å². The molecule has 10 nitrogen and oxygen atoms in total. The average molecular weight is 809 g/mol. The van der Waals surface area contributed by atoms with E-state index in [1.54, 1.807) is 24.3 Å². The first-order valence-corrected chi connectivity index (χ1v) is 19.1. The molecular weight excluding hydrogens is 766 g/mol. The van der Waals surface area contributed by atoms with Crippen molar-refractivity contribution in [3.63, 3.8) is 0 Å². The summed E-state index contributed by atoms with van der Waals surface area (Å²) in [4.78, 5) is 41.8. The van der Waals surface area contributed by atoms with Crippen LogP contribution in [0.3, 0.4) is 0 Å². The SMILES string of the molecule is CO[C@H]1O[C@H](CO)[C@@H](OC(=O)Nc2ccc(Br)cc2)[C@@H]2OC(=O)[C@@H](Cc3ccc4ccccc4c3)C/C=C/C[C@H](Cc3ccc4ccccc4c3)C(=O)O[C@@H]12. The lowest BCUT2D eigenvalue weighted by molar-refractivity contribution is -0.300. The second-order valence-corrected chi connectivity index (χ2v) is 14.8. The Bertz CT molecular complexity index is 2170. The Hall–Kier alpha value is -5.07. The van der Waals surface area contributed by atoms with Gasteiger partial charge in [-0.2, -0.15) is 0 Å². The van der Waals surface area contributed by atoms with Gasteiger partial charge in [0.25, 0.3) is 0 Å². The number of amides is 1. The van der Waals surface area contributed by atoms with Crippen molar-refractivity contribution >= 4 is 61.2 Å². The first kappa shape index (κ1) is 38.2. The summed E-state index contributed by atoms with van der Waals surface area (Å²) in [5.74, 6) is -2.43. The van der Waals surface area contributed by atoms with E-state index in [9.17, 15) is 19.5 Å².